The minimum absolute atomic E-state index is 0.0100. The van der Waals surface area contributed by atoms with E-state index in [1.807, 2.05) is 41.1 Å². The molecule has 2 aromatic carbocycles. The lowest BCUT2D eigenvalue weighted by molar-refractivity contribution is 0.300. The van der Waals surface area contributed by atoms with Crippen LogP contribution >= 0.6 is 0 Å². The lowest BCUT2D eigenvalue weighted by atomic mass is 10.1. The first kappa shape index (κ1) is 15.2. The van der Waals surface area contributed by atoms with Crippen molar-refractivity contribution in [2.24, 2.45) is 5.92 Å². The molecule has 2 aromatic heterocycles. The number of fused-ring (bicyclic) bond motifs is 2. The van der Waals surface area contributed by atoms with Crippen LogP contribution in [0.1, 0.15) is 18.4 Å². The highest BCUT2D eigenvalue weighted by molar-refractivity contribution is 5.90. The Hall–Kier alpha value is -3.08. The zero-order valence-corrected chi connectivity index (χ0v) is 14.2. The normalized spacial score (nSPS) is 14.2. The summed E-state index contributed by atoms with van der Waals surface area (Å²) in [6.45, 7) is 1.42. The van der Waals surface area contributed by atoms with Crippen LogP contribution in [-0.2, 0) is 6.54 Å². The lowest BCUT2D eigenvalue weighted by Crippen LogP contribution is -2.04. The Bertz CT molecular complexity index is 1140. The summed E-state index contributed by atoms with van der Waals surface area (Å²) < 4.78 is 13.8. The van der Waals surface area contributed by atoms with Gasteiger partial charge in [-0.15, -0.1) is 0 Å². The quantitative estimate of drug-likeness (QED) is 0.513. The van der Waals surface area contributed by atoms with Crippen molar-refractivity contribution < 1.29 is 9.15 Å². The number of hydrogen-bond donors (Lipinski definition) is 0. The largest absolute Gasteiger partial charge is 0.493 e. The number of rotatable bonds is 5. The average Bonchev–Trinajstić information content (AvgIpc) is 3.35. The maximum absolute atomic E-state index is 12.8. The third-order valence-electron chi connectivity index (χ3n) is 4.82. The monoisotopic (exact) mass is 346 g/mol. The van der Waals surface area contributed by atoms with Crippen LogP contribution in [0, 0.1) is 5.92 Å². The van der Waals surface area contributed by atoms with E-state index < -0.39 is 0 Å². The predicted molar refractivity (Wildman–Crippen MR) is 99.5 cm³/mol. The summed E-state index contributed by atoms with van der Waals surface area (Å²) in [6, 6.07) is 11.2. The van der Waals surface area contributed by atoms with Crippen LogP contribution in [0.15, 0.2) is 64.3 Å². The topological polar surface area (TPSA) is 57.3 Å². The van der Waals surface area contributed by atoms with E-state index in [1.54, 1.807) is 18.6 Å². The fourth-order valence-corrected chi connectivity index (χ4v) is 3.15. The molecule has 4 aromatic rings. The van der Waals surface area contributed by atoms with Crippen molar-refractivity contribution in [3.8, 4) is 5.75 Å². The van der Waals surface area contributed by atoms with Crippen LogP contribution in [0.3, 0.4) is 0 Å². The third-order valence-corrected chi connectivity index (χ3v) is 4.82. The molecule has 0 radical (unpaired) electrons. The molecule has 5 nitrogen and oxygen atoms in total. The van der Waals surface area contributed by atoms with Crippen molar-refractivity contribution in [1.82, 2.24) is 9.55 Å². The summed E-state index contributed by atoms with van der Waals surface area (Å²) in [7, 11) is 0. The van der Waals surface area contributed by atoms with Gasteiger partial charge >= 0.3 is 0 Å². The van der Waals surface area contributed by atoms with Gasteiger partial charge < -0.3 is 13.7 Å². The average molecular weight is 346 g/mol. The molecule has 2 heterocycles. The fourth-order valence-electron chi connectivity index (χ4n) is 3.15. The van der Waals surface area contributed by atoms with Crippen LogP contribution in [0.2, 0.25) is 0 Å². The second kappa shape index (κ2) is 6.02. The number of nitrogens with zero attached hydrogens (tertiary/aromatic N) is 2. The van der Waals surface area contributed by atoms with Gasteiger partial charge in [-0.25, -0.2) is 4.98 Å². The fraction of sp³-hybridized carbons (Fsp3) is 0.238. The molecule has 1 fully saturated rings. The van der Waals surface area contributed by atoms with Crippen LogP contribution in [0.25, 0.3) is 21.9 Å². The van der Waals surface area contributed by atoms with Crippen molar-refractivity contribution in [2.75, 3.05) is 6.61 Å². The van der Waals surface area contributed by atoms with Crippen LogP contribution in [-0.4, -0.2) is 16.2 Å². The molecular weight excluding hydrogens is 328 g/mol. The molecule has 1 aliphatic carbocycles. The van der Waals surface area contributed by atoms with Gasteiger partial charge in [0.25, 0.3) is 0 Å². The summed E-state index contributed by atoms with van der Waals surface area (Å²) in [5, 5.41) is 1.18. The van der Waals surface area contributed by atoms with Crippen LogP contribution in [0.5, 0.6) is 5.75 Å². The molecular formula is C21H18N2O3. The summed E-state index contributed by atoms with van der Waals surface area (Å²) in [5.74, 6) is 1.43. The highest BCUT2D eigenvalue weighted by Gasteiger charge is 2.22. The maximum Gasteiger partial charge on any atom is 0.200 e. The van der Waals surface area contributed by atoms with E-state index in [1.165, 1.54) is 12.8 Å². The van der Waals surface area contributed by atoms with Gasteiger partial charge in [0.05, 0.1) is 23.7 Å². The second-order valence-electron chi connectivity index (χ2n) is 6.91. The lowest BCUT2D eigenvalue weighted by Gasteiger charge is -2.08. The van der Waals surface area contributed by atoms with Crippen molar-refractivity contribution in [3.05, 3.63) is 70.9 Å². The van der Waals surface area contributed by atoms with E-state index in [2.05, 4.69) is 4.98 Å². The van der Waals surface area contributed by atoms with E-state index in [0.717, 1.165) is 17.9 Å². The first-order valence-corrected chi connectivity index (χ1v) is 8.84. The molecule has 0 saturated heterocycles. The molecule has 0 spiro atoms. The van der Waals surface area contributed by atoms with Crippen molar-refractivity contribution in [3.63, 3.8) is 0 Å². The van der Waals surface area contributed by atoms with Crippen molar-refractivity contribution in [1.29, 1.82) is 0 Å². The van der Waals surface area contributed by atoms with E-state index in [-0.39, 0.29) is 5.43 Å². The highest BCUT2D eigenvalue weighted by atomic mass is 16.5. The summed E-state index contributed by atoms with van der Waals surface area (Å²) in [4.78, 5) is 16.8. The number of aromatic nitrogens is 2. The molecule has 1 saturated carbocycles. The Morgan fingerprint density at radius 1 is 1.12 bits per heavy atom. The molecule has 1 aliphatic rings. The van der Waals surface area contributed by atoms with Crippen LogP contribution < -0.4 is 10.2 Å². The summed E-state index contributed by atoms with van der Waals surface area (Å²) >= 11 is 0. The third kappa shape index (κ3) is 2.86. The Labute approximate surface area is 149 Å². The van der Waals surface area contributed by atoms with Gasteiger partial charge in [-0.2, -0.15) is 0 Å². The smallest absolute Gasteiger partial charge is 0.200 e. The summed E-state index contributed by atoms with van der Waals surface area (Å²) in [6.07, 6.45) is 7.91. The van der Waals surface area contributed by atoms with Gasteiger partial charge in [-0.3, -0.25) is 4.79 Å². The van der Waals surface area contributed by atoms with Gasteiger partial charge in [0, 0.05) is 25.0 Å². The molecule has 0 N–H and O–H groups in total. The zero-order chi connectivity index (χ0) is 17.5. The minimum Gasteiger partial charge on any atom is -0.493 e. The van der Waals surface area contributed by atoms with Crippen molar-refractivity contribution in [2.45, 2.75) is 19.4 Å². The van der Waals surface area contributed by atoms with Gasteiger partial charge in [0.1, 0.15) is 16.9 Å². The molecule has 0 unspecified atom stereocenters. The Morgan fingerprint density at radius 2 is 1.92 bits per heavy atom. The maximum atomic E-state index is 12.8. The molecule has 5 heteroatoms. The van der Waals surface area contributed by atoms with E-state index in [4.69, 9.17) is 9.15 Å². The van der Waals surface area contributed by atoms with Gasteiger partial charge in [-0.1, -0.05) is 6.07 Å². The zero-order valence-electron chi connectivity index (χ0n) is 14.2. The molecule has 5 rings (SSSR count). The van der Waals surface area contributed by atoms with Gasteiger partial charge in [0.15, 0.2) is 0 Å². The van der Waals surface area contributed by atoms with Crippen LogP contribution in [0.4, 0.5) is 0 Å². The van der Waals surface area contributed by atoms with Gasteiger partial charge in [-0.05, 0) is 48.6 Å². The molecule has 0 amide bonds. The summed E-state index contributed by atoms with van der Waals surface area (Å²) in [5.41, 5.74) is 2.21. The first-order chi connectivity index (χ1) is 12.8. The molecule has 0 bridgehead atoms. The Balaban J connectivity index is 1.55. The van der Waals surface area contributed by atoms with E-state index >= 15 is 0 Å². The second-order valence-corrected chi connectivity index (χ2v) is 6.91. The molecule has 0 aliphatic heterocycles. The SMILES string of the molecule is O=c1c2ccc(Cn3ccnc3)cc2oc2cc(OCC3CC3)ccc12. The number of ether oxygens (including phenoxy) is 1. The van der Waals surface area contributed by atoms with Gasteiger partial charge in [0.2, 0.25) is 5.43 Å². The van der Waals surface area contributed by atoms with Crippen molar-refractivity contribution >= 4 is 21.9 Å². The number of benzene rings is 2. The Morgan fingerprint density at radius 3 is 2.69 bits per heavy atom. The molecule has 26 heavy (non-hydrogen) atoms. The standard InChI is InChI=1S/C21H18N2O3/c24-21-17-5-3-15(11-23-8-7-22-13-23)9-19(17)26-20-10-16(4-6-18(20)21)25-12-14-1-2-14/h3-10,13-14H,1-2,11-12H2. The van der Waals surface area contributed by atoms with E-state index in [0.29, 0.717) is 34.4 Å². The Kier molecular flexibility index (Phi) is 3.52. The molecule has 0 atom stereocenters. The molecule has 130 valence electrons. The highest BCUT2D eigenvalue weighted by Crippen LogP contribution is 2.30. The first-order valence-electron chi connectivity index (χ1n) is 8.84. The number of imidazole rings is 1. The van der Waals surface area contributed by atoms with E-state index in [9.17, 15) is 4.79 Å². The predicted octanol–water partition coefficient (Wildman–Crippen LogP) is 3.98. The number of hydrogen-bond acceptors (Lipinski definition) is 4. The minimum atomic E-state index is -0.0100.